The zero-order chi connectivity index (χ0) is 10.7. The molecule has 0 saturated heterocycles. The molecule has 0 radical (unpaired) electrons. The fourth-order valence-corrected chi connectivity index (χ4v) is 2.26. The summed E-state index contributed by atoms with van der Waals surface area (Å²) < 4.78 is 6.90. The molecule has 1 saturated carbocycles. The molecule has 0 heterocycles. The van der Waals surface area contributed by atoms with Crippen molar-refractivity contribution in [2.45, 2.75) is 29.4 Å². The number of benzene rings is 1. The zero-order valence-corrected chi connectivity index (χ0v) is 11.0. The van der Waals surface area contributed by atoms with Crippen molar-refractivity contribution in [2.75, 3.05) is 7.05 Å². The number of hydrogen-bond donors (Lipinski definition) is 1. The molecule has 0 aliphatic heterocycles. The predicted molar refractivity (Wildman–Crippen MR) is 70.7 cm³/mol. The van der Waals surface area contributed by atoms with Gasteiger partial charge >= 0.3 is 0 Å². The third-order valence-corrected chi connectivity index (χ3v) is 3.76. The molecule has 0 atom stereocenters. The number of halogens is 1. The lowest BCUT2D eigenvalue weighted by Crippen LogP contribution is -2.45. The lowest BCUT2D eigenvalue weighted by molar-refractivity contribution is 0.0885. The molecular formula is C12H16INO. The van der Waals surface area contributed by atoms with E-state index in [2.05, 4.69) is 52.2 Å². The van der Waals surface area contributed by atoms with Gasteiger partial charge in [-0.15, -0.1) is 0 Å². The first-order valence-corrected chi connectivity index (χ1v) is 6.83. The minimum absolute atomic E-state index is 0.410. The van der Waals surface area contributed by atoms with Crippen LogP contribution >= 0.6 is 22.6 Å². The van der Waals surface area contributed by atoms with Crippen molar-refractivity contribution in [3.63, 3.8) is 0 Å². The molecule has 3 heteroatoms. The van der Waals surface area contributed by atoms with Crippen LogP contribution in [-0.4, -0.2) is 19.2 Å². The molecule has 0 spiro atoms. The van der Waals surface area contributed by atoms with Crippen molar-refractivity contribution in [2.24, 2.45) is 0 Å². The van der Waals surface area contributed by atoms with Crippen LogP contribution in [0.5, 0.6) is 5.75 Å². The molecule has 1 N–H and O–H groups in total. The highest BCUT2D eigenvalue weighted by atomic mass is 127. The summed E-state index contributed by atoms with van der Waals surface area (Å²) >= 11 is 2.37. The van der Waals surface area contributed by atoms with Gasteiger partial charge in [0.15, 0.2) is 0 Å². The van der Waals surface area contributed by atoms with E-state index in [1.54, 1.807) is 0 Å². The Labute approximate surface area is 105 Å². The second-order valence-electron chi connectivity index (χ2n) is 3.97. The molecule has 1 fully saturated rings. The van der Waals surface area contributed by atoms with E-state index in [0.717, 1.165) is 23.0 Å². The van der Waals surface area contributed by atoms with E-state index in [9.17, 15) is 0 Å². The minimum atomic E-state index is 0.410. The molecule has 2 nitrogen and oxygen atoms in total. The molecule has 0 bridgehead atoms. The van der Waals surface area contributed by atoms with Crippen LogP contribution in [-0.2, 0) is 4.43 Å². The maximum atomic E-state index is 5.84. The number of ether oxygens (including phenoxy) is 1. The summed E-state index contributed by atoms with van der Waals surface area (Å²) in [4.78, 5) is 0. The van der Waals surface area contributed by atoms with Crippen LogP contribution in [0.3, 0.4) is 0 Å². The zero-order valence-electron chi connectivity index (χ0n) is 8.87. The molecule has 1 aromatic carbocycles. The van der Waals surface area contributed by atoms with Crippen LogP contribution in [0, 0.1) is 0 Å². The van der Waals surface area contributed by atoms with E-state index in [1.807, 2.05) is 7.05 Å². The van der Waals surface area contributed by atoms with Gasteiger partial charge in [0.2, 0.25) is 0 Å². The van der Waals surface area contributed by atoms with Gasteiger partial charge in [-0.25, -0.2) is 0 Å². The fourth-order valence-electron chi connectivity index (χ4n) is 1.75. The molecule has 0 amide bonds. The van der Waals surface area contributed by atoms with E-state index in [-0.39, 0.29) is 0 Å². The van der Waals surface area contributed by atoms with E-state index in [4.69, 9.17) is 4.74 Å². The van der Waals surface area contributed by atoms with Gasteiger partial charge in [-0.3, -0.25) is 0 Å². The Balaban J connectivity index is 1.84. The molecule has 0 unspecified atom stereocenters. The smallest absolute Gasteiger partial charge is 0.119 e. The summed E-state index contributed by atoms with van der Waals surface area (Å²) in [7, 11) is 2.01. The van der Waals surface area contributed by atoms with Crippen LogP contribution in [0.15, 0.2) is 24.3 Å². The quantitative estimate of drug-likeness (QED) is 0.681. The highest BCUT2D eigenvalue weighted by Crippen LogP contribution is 2.26. The van der Waals surface area contributed by atoms with Crippen molar-refractivity contribution in [3.8, 4) is 5.75 Å². The molecule has 82 valence electrons. The van der Waals surface area contributed by atoms with Gasteiger partial charge in [0.05, 0.1) is 0 Å². The fraction of sp³-hybridized carbons (Fsp3) is 0.500. The predicted octanol–water partition coefficient (Wildman–Crippen LogP) is 2.75. The Morgan fingerprint density at radius 2 is 2.00 bits per heavy atom. The van der Waals surface area contributed by atoms with Gasteiger partial charge in [-0.05, 0) is 37.6 Å². The Hall–Kier alpha value is -0.290. The molecule has 1 aliphatic rings. The van der Waals surface area contributed by atoms with Gasteiger partial charge < -0.3 is 10.1 Å². The largest absolute Gasteiger partial charge is 0.490 e. The maximum Gasteiger partial charge on any atom is 0.119 e. The van der Waals surface area contributed by atoms with Gasteiger partial charge in [0.25, 0.3) is 0 Å². The molecule has 1 aliphatic carbocycles. The second-order valence-corrected chi connectivity index (χ2v) is 4.74. The van der Waals surface area contributed by atoms with Gasteiger partial charge in [-0.1, -0.05) is 34.7 Å². The highest BCUT2D eigenvalue weighted by molar-refractivity contribution is 14.1. The van der Waals surface area contributed by atoms with E-state index in [0.29, 0.717) is 12.1 Å². The van der Waals surface area contributed by atoms with E-state index in [1.165, 1.54) is 5.56 Å². The summed E-state index contributed by atoms with van der Waals surface area (Å²) in [6, 6.07) is 9.07. The third kappa shape index (κ3) is 2.84. The molecule has 0 aromatic heterocycles. The summed E-state index contributed by atoms with van der Waals surface area (Å²) in [5, 5.41) is 3.25. The first kappa shape index (κ1) is 11.2. The second kappa shape index (κ2) is 5.16. The SMILES string of the molecule is CN[C@H]1C[C@@H](Oc2ccc(CI)cc2)C1. The molecule has 2 rings (SSSR count). The number of rotatable bonds is 4. The molecule has 1 aromatic rings. The first-order chi connectivity index (χ1) is 7.31. The Morgan fingerprint density at radius 1 is 1.33 bits per heavy atom. The lowest BCUT2D eigenvalue weighted by Gasteiger charge is -2.35. The van der Waals surface area contributed by atoms with Gasteiger partial charge in [-0.2, -0.15) is 0 Å². The average Bonchev–Trinajstić information content (AvgIpc) is 2.23. The topological polar surface area (TPSA) is 21.3 Å². The number of nitrogens with one attached hydrogen (secondary N) is 1. The number of hydrogen-bond acceptors (Lipinski definition) is 2. The van der Waals surface area contributed by atoms with Gasteiger partial charge in [0, 0.05) is 10.5 Å². The van der Waals surface area contributed by atoms with Crippen LogP contribution in [0.4, 0.5) is 0 Å². The van der Waals surface area contributed by atoms with Crippen molar-refractivity contribution < 1.29 is 4.74 Å². The van der Waals surface area contributed by atoms with Crippen LogP contribution < -0.4 is 10.1 Å². The normalized spacial score (nSPS) is 24.7. The minimum Gasteiger partial charge on any atom is -0.490 e. The van der Waals surface area contributed by atoms with Gasteiger partial charge in [0.1, 0.15) is 11.9 Å². The standard InChI is InChI=1S/C12H16INO/c1-14-10-6-12(7-10)15-11-4-2-9(8-13)3-5-11/h2-5,10,12,14H,6-8H2,1H3/t10-,12+. The van der Waals surface area contributed by atoms with E-state index < -0.39 is 0 Å². The summed E-state index contributed by atoms with van der Waals surface area (Å²) in [6.45, 7) is 0. The summed E-state index contributed by atoms with van der Waals surface area (Å²) in [5.41, 5.74) is 1.35. The van der Waals surface area contributed by atoms with Crippen LogP contribution in [0.1, 0.15) is 18.4 Å². The molecule has 15 heavy (non-hydrogen) atoms. The Bertz CT molecular complexity index is 306. The maximum absolute atomic E-state index is 5.84. The Kier molecular flexibility index (Phi) is 3.86. The van der Waals surface area contributed by atoms with Crippen LogP contribution in [0.25, 0.3) is 0 Å². The van der Waals surface area contributed by atoms with Crippen molar-refractivity contribution in [1.29, 1.82) is 0 Å². The number of alkyl halides is 1. The Morgan fingerprint density at radius 3 is 2.53 bits per heavy atom. The average molecular weight is 317 g/mol. The monoisotopic (exact) mass is 317 g/mol. The van der Waals surface area contributed by atoms with Crippen molar-refractivity contribution in [3.05, 3.63) is 29.8 Å². The first-order valence-electron chi connectivity index (χ1n) is 5.30. The van der Waals surface area contributed by atoms with Crippen LogP contribution in [0.2, 0.25) is 0 Å². The highest BCUT2D eigenvalue weighted by Gasteiger charge is 2.29. The van der Waals surface area contributed by atoms with Crippen molar-refractivity contribution in [1.82, 2.24) is 5.32 Å². The van der Waals surface area contributed by atoms with Crippen molar-refractivity contribution >= 4 is 22.6 Å². The molecular weight excluding hydrogens is 301 g/mol. The third-order valence-electron chi connectivity index (χ3n) is 2.88. The van der Waals surface area contributed by atoms with E-state index >= 15 is 0 Å². The lowest BCUT2D eigenvalue weighted by atomic mass is 9.89. The summed E-state index contributed by atoms with van der Waals surface area (Å²) in [6.07, 6.45) is 2.67. The summed E-state index contributed by atoms with van der Waals surface area (Å²) in [5.74, 6) is 1.00.